The Morgan fingerprint density at radius 3 is 2.33 bits per heavy atom. The van der Waals surface area contributed by atoms with Gasteiger partial charge in [0.15, 0.2) is 6.61 Å². The lowest BCUT2D eigenvalue weighted by Gasteiger charge is -2.19. The van der Waals surface area contributed by atoms with Crippen molar-refractivity contribution in [2.75, 3.05) is 23.3 Å². The van der Waals surface area contributed by atoms with E-state index in [0.717, 1.165) is 10.0 Å². The lowest BCUT2D eigenvalue weighted by atomic mass is 10.2. The third-order valence-electron chi connectivity index (χ3n) is 4.42. The maximum absolute atomic E-state index is 12.8. The van der Waals surface area contributed by atoms with Crippen LogP contribution in [-0.4, -0.2) is 28.0 Å². The zero-order valence-corrected chi connectivity index (χ0v) is 18.9. The Kier molecular flexibility index (Phi) is 6.79. The molecule has 8 heteroatoms. The summed E-state index contributed by atoms with van der Waals surface area (Å²) < 4.78 is 33.3. The number of nitrogens with zero attached hydrogens (tertiary/aromatic N) is 1. The number of sulfonamides is 1. The van der Waals surface area contributed by atoms with E-state index in [1.54, 1.807) is 42.5 Å². The fraction of sp³-hybridized carbons (Fsp3) is 0.136. The maximum Gasteiger partial charge on any atom is 0.264 e. The number of hydrogen-bond acceptors (Lipinski definition) is 4. The van der Waals surface area contributed by atoms with Gasteiger partial charge in [-0.05, 0) is 67.1 Å². The SMILES string of the molecule is Cc1cc(OCC(=O)Nc2ccc(S(=O)(=O)N(C)c3ccccc3)cc2)ccc1Br. The molecule has 0 radical (unpaired) electrons. The van der Waals surface area contributed by atoms with E-state index < -0.39 is 10.0 Å². The van der Waals surface area contributed by atoms with Crippen molar-refractivity contribution >= 4 is 43.2 Å². The first-order chi connectivity index (χ1) is 14.3. The first-order valence-electron chi connectivity index (χ1n) is 9.10. The van der Waals surface area contributed by atoms with Crippen molar-refractivity contribution in [1.29, 1.82) is 0 Å². The van der Waals surface area contributed by atoms with E-state index in [4.69, 9.17) is 4.74 Å². The molecule has 0 saturated carbocycles. The Morgan fingerprint density at radius 2 is 1.70 bits per heavy atom. The van der Waals surface area contributed by atoms with E-state index in [2.05, 4.69) is 21.2 Å². The van der Waals surface area contributed by atoms with Gasteiger partial charge in [0.2, 0.25) is 0 Å². The highest BCUT2D eigenvalue weighted by Gasteiger charge is 2.21. The molecule has 0 aliphatic heterocycles. The Hall–Kier alpha value is -2.84. The summed E-state index contributed by atoms with van der Waals surface area (Å²) in [6.45, 7) is 1.78. The van der Waals surface area contributed by atoms with E-state index >= 15 is 0 Å². The zero-order valence-electron chi connectivity index (χ0n) is 16.5. The molecule has 0 aliphatic rings. The molecule has 0 saturated heterocycles. The topological polar surface area (TPSA) is 75.7 Å². The Bertz CT molecular complexity index is 1130. The van der Waals surface area contributed by atoms with Crippen LogP contribution in [0.3, 0.4) is 0 Å². The number of halogens is 1. The third-order valence-corrected chi connectivity index (χ3v) is 7.11. The number of nitrogens with one attached hydrogen (secondary N) is 1. The first-order valence-corrected chi connectivity index (χ1v) is 11.3. The molecule has 0 bridgehead atoms. The normalized spacial score (nSPS) is 11.0. The molecule has 0 atom stereocenters. The van der Waals surface area contributed by atoms with Crippen molar-refractivity contribution < 1.29 is 17.9 Å². The second kappa shape index (κ2) is 9.32. The van der Waals surface area contributed by atoms with Gasteiger partial charge < -0.3 is 10.1 Å². The summed E-state index contributed by atoms with van der Waals surface area (Å²) in [6, 6.07) is 20.3. The predicted octanol–water partition coefficient (Wildman–Crippen LogP) is 4.60. The first kappa shape index (κ1) is 21.9. The van der Waals surface area contributed by atoms with Crippen molar-refractivity contribution in [3.05, 3.63) is 82.8 Å². The molecule has 30 heavy (non-hydrogen) atoms. The van der Waals surface area contributed by atoms with Gasteiger partial charge in [-0.25, -0.2) is 8.42 Å². The minimum atomic E-state index is -3.70. The highest BCUT2D eigenvalue weighted by atomic mass is 79.9. The number of para-hydroxylation sites is 1. The zero-order chi connectivity index (χ0) is 21.7. The molecule has 3 aromatic rings. The van der Waals surface area contributed by atoms with Crippen LogP contribution in [0.4, 0.5) is 11.4 Å². The standard InChI is InChI=1S/C22H21BrN2O4S/c1-16-14-19(10-13-21(16)23)29-15-22(26)24-17-8-11-20(12-9-17)30(27,28)25(2)18-6-4-3-5-7-18/h3-14H,15H2,1-2H3,(H,24,26). The van der Waals surface area contributed by atoms with Crippen LogP contribution >= 0.6 is 15.9 Å². The van der Waals surface area contributed by atoms with E-state index in [9.17, 15) is 13.2 Å². The summed E-state index contributed by atoms with van der Waals surface area (Å²) in [4.78, 5) is 12.3. The Morgan fingerprint density at radius 1 is 1.03 bits per heavy atom. The predicted molar refractivity (Wildman–Crippen MR) is 121 cm³/mol. The highest BCUT2D eigenvalue weighted by molar-refractivity contribution is 9.10. The smallest absolute Gasteiger partial charge is 0.264 e. The number of rotatable bonds is 7. The molecule has 0 heterocycles. The molecule has 3 aromatic carbocycles. The molecule has 6 nitrogen and oxygen atoms in total. The number of anilines is 2. The van der Waals surface area contributed by atoms with Crippen LogP contribution in [0.5, 0.6) is 5.75 Å². The molecule has 156 valence electrons. The van der Waals surface area contributed by atoms with Crippen molar-refractivity contribution in [3.8, 4) is 5.75 Å². The van der Waals surface area contributed by atoms with Crippen molar-refractivity contribution in [1.82, 2.24) is 0 Å². The van der Waals surface area contributed by atoms with Crippen LogP contribution in [0.1, 0.15) is 5.56 Å². The maximum atomic E-state index is 12.8. The van der Waals surface area contributed by atoms with E-state index in [0.29, 0.717) is 17.1 Å². The summed E-state index contributed by atoms with van der Waals surface area (Å²) in [5, 5.41) is 2.70. The van der Waals surface area contributed by atoms with Crippen LogP contribution < -0.4 is 14.4 Å². The molecule has 0 fully saturated rings. The molecular weight excluding hydrogens is 468 g/mol. The van der Waals surface area contributed by atoms with Gasteiger partial charge in [0.25, 0.3) is 15.9 Å². The van der Waals surface area contributed by atoms with Crippen molar-refractivity contribution in [2.45, 2.75) is 11.8 Å². The molecule has 0 spiro atoms. The van der Waals surface area contributed by atoms with Gasteiger partial charge in [-0.3, -0.25) is 9.10 Å². The molecule has 3 rings (SSSR count). The van der Waals surface area contributed by atoms with Gasteiger partial charge in [0.1, 0.15) is 5.75 Å². The fourth-order valence-corrected chi connectivity index (χ4v) is 4.14. The van der Waals surface area contributed by atoms with E-state index in [-0.39, 0.29) is 17.4 Å². The number of hydrogen-bond donors (Lipinski definition) is 1. The third kappa shape index (κ3) is 5.20. The van der Waals surface area contributed by atoms with Gasteiger partial charge in [-0.1, -0.05) is 34.1 Å². The summed E-state index contributed by atoms with van der Waals surface area (Å²) in [6.07, 6.45) is 0. The quantitative estimate of drug-likeness (QED) is 0.527. The van der Waals surface area contributed by atoms with Crippen LogP contribution in [0.15, 0.2) is 82.2 Å². The van der Waals surface area contributed by atoms with Gasteiger partial charge >= 0.3 is 0 Å². The van der Waals surface area contributed by atoms with Crippen LogP contribution in [0.25, 0.3) is 0 Å². The highest BCUT2D eigenvalue weighted by Crippen LogP contribution is 2.23. The van der Waals surface area contributed by atoms with Gasteiger partial charge in [0.05, 0.1) is 10.6 Å². The minimum Gasteiger partial charge on any atom is -0.484 e. The second-order valence-corrected chi connectivity index (χ2v) is 9.40. The van der Waals surface area contributed by atoms with Crippen molar-refractivity contribution in [2.24, 2.45) is 0 Å². The summed E-state index contributed by atoms with van der Waals surface area (Å²) in [5.74, 6) is 0.254. The number of carbonyl (C=O) groups is 1. The molecule has 1 N–H and O–H groups in total. The minimum absolute atomic E-state index is 0.133. The van der Waals surface area contributed by atoms with Gasteiger partial charge in [0, 0.05) is 17.2 Å². The lowest BCUT2D eigenvalue weighted by Crippen LogP contribution is -2.26. The summed E-state index contributed by atoms with van der Waals surface area (Å²) in [5.41, 5.74) is 2.05. The van der Waals surface area contributed by atoms with E-state index in [1.807, 2.05) is 25.1 Å². The largest absolute Gasteiger partial charge is 0.484 e. The molecule has 0 aliphatic carbocycles. The average Bonchev–Trinajstić information content (AvgIpc) is 2.75. The number of aryl methyl sites for hydroxylation is 1. The Balaban J connectivity index is 1.62. The average molecular weight is 489 g/mol. The fourth-order valence-electron chi connectivity index (χ4n) is 2.70. The van der Waals surface area contributed by atoms with Crippen LogP contribution in [0, 0.1) is 6.92 Å². The van der Waals surface area contributed by atoms with Crippen LogP contribution in [0.2, 0.25) is 0 Å². The Labute approximate surface area is 184 Å². The van der Waals surface area contributed by atoms with Gasteiger partial charge in [-0.2, -0.15) is 0 Å². The number of carbonyl (C=O) groups excluding carboxylic acids is 1. The lowest BCUT2D eigenvalue weighted by molar-refractivity contribution is -0.118. The molecule has 0 aromatic heterocycles. The monoisotopic (exact) mass is 488 g/mol. The number of ether oxygens (including phenoxy) is 1. The molecule has 0 unspecified atom stereocenters. The second-order valence-electron chi connectivity index (χ2n) is 6.58. The van der Waals surface area contributed by atoms with E-state index in [1.165, 1.54) is 23.5 Å². The van der Waals surface area contributed by atoms with Crippen LogP contribution in [-0.2, 0) is 14.8 Å². The number of amides is 1. The summed E-state index contributed by atoms with van der Waals surface area (Å²) >= 11 is 3.41. The molecule has 1 amide bonds. The number of benzene rings is 3. The molecular formula is C22H21BrN2O4S. The van der Waals surface area contributed by atoms with Gasteiger partial charge in [-0.15, -0.1) is 0 Å². The van der Waals surface area contributed by atoms with Crippen molar-refractivity contribution in [3.63, 3.8) is 0 Å². The summed E-state index contributed by atoms with van der Waals surface area (Å²) in [7, 11) is -2.20.